The van der Waals surface area contributed by atoms with Gasteiger partial charge in [0.1, 0.15) is 11.6 Å². The lowest BCUT2D eigenvalue weighted by Crippen LogP contribution is -2.21. The van der Waals surface area contributed by atoms with Crippen molar-refractivity contribution in [1.82, 2.24) is 4.72 Å². The van der Waals surface area contributed by atoms with Crippen LogP contribution in [0.5, 0.6) is 0 Å². The number of rotatable bonds is 5. The Morgan fingerprint density at radius 3 is 2.28 bits per heavy atom. The average molecular weight is 271 g/mol. The summed E-state index contributed by atoms with van der Waals surface area (Å²) in [5.74, 6) is -1.11. The third-order valence-electron chi connectivity index (χ3n) is 2.20. The smallest absolute Gasteiger partial charge is 0.126 e. The highest BCUT2D eigenvalue weighted by Crippen LogP contribution is 2.27. The Balaban J connectivity index is 2.86. The van der Waals surface area contributed by atoms with Gasteiger partial charge in [-0.15, -0.1) is 6.58 Å². The molecule has 1 aromatic carbocycles. The van der Waals surface area contributed by atoms with Crippen LogP contribution in [0.3, 0.4) is 0 Å². The Hall–Kier alpha value is -0.870. The zero-order chi connectivity index (χ0) is 13.8. The van der Waals surface area contributed by atoms with E-state index in [1.54, 1.807) is 18.0 Å². The zero-order valence-electron chi connectivity index (χ0n) is 11.0. The van der Waals surface area contributed by atoms with Gasteiger partial charge in [0.2, 0.25) is 0 Å². The van der Waals surface area contributed by atoms with E-state index in [1.165, 1.54) is 12.1 Å². The second-order valence-corrected chi connectivity index (χ2v) is 6.78. The normalized spacial score (nSPS) is 13.4. The molecule has 0 amide bonds. The summed E-state index contributed by atoms with van der Waals surface area (Å²) < 4.78 is 29.7. The molecule has 0 aliphatic rings. The molecule has 0 aliphatic carbocycles. The largest absolute Gasteiger partial charge is 0.256 e. The summed E-state index contributed by atoms with van der Waals surface area (Å²) in [4.78, 5) is 0. The van der Waals surface area contributed by atoms with Crippen LogP contribution in [0.4, 0.5) is 8.78 Å². The molecule has 0 saturated heterocycles. The average Bonchev–Trinajstić information content (AvgIpc) is 2.21. The molecule has 1 nitrogen and oxygen atoms in total. The van der Waals surface area contributed by atoms with Crippen molar-refractivity contribution in [1.29, 1.82) is 0 Å². The van der Waals surface area contributed by atoms with Gasteiger partial charge in [0.05, 0.1) is 0 Å². The molecule has 1 N–H and O–H groups in total. The summed E-state index contributed by atoms with van der Waals surface area (Å²) >= 11 is 1.55. The number of nitrogens with one attached hydrogen (secondary N) is 1. The molecule has 1 rings (SSSR count). The molecule has 1 atom stereocenters. The maximum atomic E-state index is 13.2. The summed E-state index contributed by atoms with van der Waals surface area (Å²) in [6.45, 7) is 9.89. The van der Waals surface area contributed by atoms with E-state index in [2.05, 4.69) is 32.1 Å². The maximum Gasteiger partial charge on any atom is 0.126 e. The van der Waals surface area contributed by atoms with Crippen molar-refractivity contribution < 1.29 is 8.78 Å². The Kier molecular flexibility index (Phi) is 5.35. The first-order chi connectivity index (χ1) is 8.31. The van der Waals surface area contributed by atoms with Crippen LogP contribution < -0.4 is 4.72 Å². The standard InChI is InChI=1S/C14H19F2NS/c1-5-6-13(17-18-14(2,3)4)10-7-11(15)9-12(16)8-10/h5,7-9,13,17H,1,6H2,2-4H3. The molecule has 100 valence electrons. The Labute approximate surface area is 112 Å². The highest BCUT2D eigenvalue weighted by Gasteiger charge is 2.17. The first kappa shape index (κ1) is 15.2. The Morgan fingerprint density at radius 1 is 1.28 bits per heavy atom. The fourth-order valence-corrected chi connectivity index (χ4v) is 2.17. The van der Waals surface area contributed by atoms with E-state index in [0.717, 1.165) is 6.07 Å². The summed E-state index contributed by atoms with van der Waals surface area (Å²) in [5, 5.41) is 0. The number of hydrogen-bond acceptors (Lipinski definition) is 2. The molecule has 0 heterocycles. The van der Waals surface area contributed by atoms with Crippen LogP contribution in [0, 0.1) is 11.6 Å². The minimum Gasteiger partial charge on any atom is -0.256 e. The molecule has 1 aromatic rings. The molecular weight excluding hydrogens is 252 g/mol. The lowest BCUT2D eigenvalue weighted by molar-refractivity contribution is 0.569. The predicted octanol–water partition coefficient (Wildman–Crippen LogP) is 4.62. The quantitative estimate of drug-likeness (QED) is 0.619. The van der Waals surface area contributed by atoms with Gasteiger partial charge in [-0.2, -0.15) is 0 Å². The van der Waals surface area contributed by atoms with Crippen LogP contribution in [0.25, 0.3) is 0 Å². The molecule has 0 bridgehead atoms. The van der Waals surface area contributed by atoms with Crippen molar-refractivity contribution in [3.05, 3.63) is 48.1 Å². The molecular formula is C14H19F2NS. The van der Waals surface area contributed by atoms with Gasteiger partial charge in [-0.1, -0.05) is 18.0 Å². The van der Waals surface area contributed by atoms with Crippen molar-refractivity contribution in [2.75, 3.05) is 0 Å². The predicted molar refractivity (Wildman–Crippen MR) is 74.4 cm³/mol. The second-order valence-electron chi connectivity index (χ2n) is 5.11. The minimum absolute atomic E-state index is 0.0330. The molecule has 0 aliphatic heterocycles. The fourth-order valence-electron chi connectivity index (χ4n) is 1.44. The van der Waals surface area contributed by atoms with E-state index >= 15 is 0 Å². The van der Waals surface area contributed by atoms with E-state index in [9.17, 15) is 8.78 Å². The SMILES string of the molecule is C=CCC(NSC(C)(C)C)c1cc(F)cc(F)c1. The van der Waals surface area contributed by atoms with E-state index in [-0.39, 0.29) is 10.8 Å². The van der Waals surface area contributed by atoms with Gasteiger partial charge in [-0.3, -0.25) is 4.72 Å². The lowest BCUT2D eigenvalue weighted by atomic mass is 10.0. The van der Waals surface area contributed by atoms with Gasteiger partial charge in [-0.25, -0.2) is 8.78 Å². The molecule has 1 unspecified atom stereocenters. The second kappa shape index (κ2) is 6.34. The van der Waals surface area contributed by atoms with Crippen LogP contribution in [0.1, 0.15) is 38.8 Å². The lowest BCUT2D eigenvalue weighted by Gasteiger charge is -2.23. The summed E-state index contributed by atoms with van der Waals surface area (Å²) in [6.07, 6.45) is 2.36. The van der Waals surface area contributed by atoms with Crippen molar-refractivity contribution in [3.63, 3.8) is 0 Å². The topological polar surface area (TPSA) is 12.0 Å². The van der Waals surface area contributed by atoms with Crippen LogP contribution in [0.2, 0.25) is 0 Å². The summed E-state index contributed by atoms with van der Waals surface area (Å²) in [7, 11) is 0. The molecule has 0 spiro atoms. The van der Waals surface area contributed by atoms with Crippen LogP contribution >= 0.6 is 11.9 Å². The highest BCUT2D eigenvalue weighted by atomic mass is 32.2. The van der Waals surface area contributed by atoms with Gasteiger partial charge in [-0.05, 0) is 44.9 Å². The highest BCUT2D eigenvalue weighted by molar-refractivity contribution is 7.98. The maximum absolute atomic E-state index is 13.2. The van der Waals surface area contributed by atoms with E-state index in [4.69, 9.17) is 0 Å². The summed E-state index contributed by atoms with van der Waals surface area (Å²) in [6, 6.07) is 3.45. The first-order valence-electron chi connectivity index (χ1n) is 5.82. The van der Waals surface area contributed by atoms with Gasteiger partial charge in [0, 0.05) is 16.9 Å². The number of benzene rings is 1. The molecule has 0 aromatic heterocycles. The zero-order valence-corrected chi connectivity index (χ0v) is 11.8. The monoisotopic (exact) mass is 271 g/mol. The number of hydrogen-bond donors (Lipinski definition) is 1. The summed E-state index contributed by atoms with van der Waals surface area (Å²) in [5.41, 5.74) is 0.601. The van der Waals surface area contributed by atoms with Gasteiger partial charge in [0.25, 0.3) is 0 Å². The van der Waals surface area contributed by atoms with E-state index in [0.29, 0.717) is 12.0 Å². The van der Waals surface area contributed by atoms with Crippen molar-refractivity contribution in [2.45, 2.75) is 38.0 Å². The van der Waals surface area contributed by atoms with Gasteiger partial charge in [0.15, 0.2) is 0 Å². The molecule has 0 fully saturated rings. The van der Waals surface area contributed by atoms with Gasteiger partial charge < -0.3 is 0 Å². The minimum atomic E-state index is -0.554. The van der Waals surface area contributed by atoms with Crippen LogP contribution in [-0.4, -0.2) is 4.75 Å². The fraction of sp³-hybridized carbons (Fsp3) is 0.429. The molecule has 0 saturated carbocycles. The Bertz CT molecular complexity index is 392. The van der Waals surface area contributed by atoms with Crippen molar-refractivity contribution >= 4 is 11.9 Å². The molecule has 4 heteroatoms. The van der Waals surface area contributed by atoms with E-state index in [1.807, 2.05) is 0 Å². The van der Waals surface area contributed by atoms with Crippen molar-refractivity contribution in [3.8, 4) is 0 Å². The Morgan fingerprint density at radius 2 is 1.83 bits per heavy atom. The van der Waals surface area contributed by atoms with Gasteiger partial charge >= 0.3 is 0 Å². The molecule has 0 radical (unpaired) electrons. The van der Waals surface area contributed by atoms with Crippen molar-refractivity contribution in [2.24, 2.45) is 0 Å². The third-order valence-corrected chi connectivity index (χ3v) is 3.21. The third kappa shape index (κ3) is 5.19. The van der Waals surface area contributed by atoms with Crippen LogP contribution in [0.15, 0.2) is 30.9 Å². The van der Waals surface area contributed by atoms with Crippen LogP contribution in [-0.2, 0) is 0 Å². The first-order valence-corrected chi connectivity index (χ1v) is 6.64. The number of halogens is 2. The molecule has 18 heavy (non-hydrogen) atoms. The van der Waals surface area contributed by atoms with E-state index < -0.39 is 11.6 Å².